The van der Waals surface area contributed by atoms with Crippen molar-refractivity contribution in [3.8, 4) is 5.75 Å². The van der Waals surface area contributed by atoms with E-state index in [0.717, 1.165) is 17.3 Å². The number of hydrogen-bond acceptors (Lipinski definition) is 5. The number of nitrogens with zero attached hydrogens (tertiary/aromatic N) is 2. The third-order valence-electron chi connectivity index (χ3n) is 4.67. The van der Waals surface area contributed by atoms with E-state index in [2.05, 4.69) is 20.6 Å². The van der Waals surface area contributed by atoms with E-state index in [0.29, 0.717) is 18.5 Å². The fourth-order valence-corrected chi connectivity index (χ4v) is 3.28. The molecule has 1 aromatic heterocycles. The highest BCUT2D eigenvalue weighted by molar-refractivity contribution is 5.43. The van der Waals surface area contributed by atoms with Gasteiger partial charge in [0.1, 0.15) is 11.6 Å². The molecule has 1 aliphatic carbocycles. The Kier molecular flexibility index (Phi) is 6.09. The summed E-state index contributed by atoms with van der Waals surface area (Å²) in [7, 11) is 1.68. The number of benzene rings is 1. The van der Waals surface area contributed by atoms with E-state index in [9.17, 15) is 0 Å². The lowest BCUT2D eigenvalue weighted by Crippen LogP contribution is -2.19. The normalized spacial score (nSPS) is 15.4. The van der Waals surface area contributed by atoms with Crippen molar-refractivity contribution >= 4 is 11.8 Å². The van der Waals surface area contributed by atoms with Crippen LogP contribution >= 0.6 is 0 Å². The lowest BCUT2D eigenvalue weighted by molar-refractivity contribution is 0.414. The van der Waals surface area contributed by atoms with Crippen molar-refractivity contribution < 1.29 is 4.74 Å². The molecule has 2 aromatic rings. The van der Waals surface area contributed by atoms with Crippen LogP contribution in [0.5, 0.6) is 5.75 Å². The van der Waals surface area contributed by atoms with Crippen LogP contribution in [0.25, 0.3) is 0 Å². The Labute approximate surface area is 150 Å². The summed E-state index contributed by atoms with van der Waals surface area (Å²) in [5.74, 6) is 2.47. The number of hydrogen-bond donors (Lipinski definition) is 2. The van der Waals surface area contributed by atoms with Gasteiger partial charge in [0, 0.05) is 24.3 Å². The standard InChI is InChI=1S/C20H28N4O/c1-15-13-19(23-17-7-5-3-4-6-8-17)24-20(22-15)21-14-16-9-11-18(25-2)12-10-16/h9-13,17H,3-8,14H2,1-2H3,(H2,21,22,23,24). The average Bonchev–Trinajstić information content (AvgIpc) is 2.88. The predicted octanol–water partition coefficient (Wildman–Crippen LogP) is 4.54. The molecule has 0 bridgehead atoms. The number of anilines is 2. The number of aryl methyl sites for hydroxylation is 1. The Morgan fingerprint density at radius 2 is 1.76 bits per heavy atom. The molecule has 0 radical (unpaired) electrons. The minimum atomic E-state index is 0.534. The van der Waals surface area contributed by atoms with Gasteiger partial charge >= 0.3 is 0 Å². The molecule has 1 fully saturated rings. The molecule has 2 N–H and O–H groups in total. The lowest BCUT2D eigenvalue weighted by Gasteiger charge is -2.17. The zero-order chi connectivity index (χ0) is 17.5. The molecule has 5 heteroatoms. The smallest absolute Gasteiger partial charge is 0.225 e. The van der Waals surface area contributed by atoms with Crippen LogP contribution in [-0.4, -0.2) is 23.1 Å². The van der Waals surface area contributed by atoms with Crippen molar-refractivity contribution in [2.24, 2.45) is 0 Å². The van der Waals surface area contributed by atoms with Crippen molar-refractivity contribution in [2.75, 3.05) is 17.7 Å². The van der Waals surface area contributed by atoms with E-state index in [1.807, 2.05) is 37.3 Å². The van der Waals surface area contributed by atoms with Crippen LogP contribution in [-0.2, 0) is 6.54 Å². The summed E-state index contributed by atoms with van der Waals surface area (Å²) < 4.78 is 5.19. The largest absolute Gasteiger partial charge is 0.497 e. The minimum absolute atomic E-state index is 0.534. The highest BCUT2D eigenvalue weighted by Crippen LogP contribution is 2.21. The Bertz CT molecular complexity index is 664. The molecular formula is C20H28N4O. The number of methoxy groups -OCH3 is 1. The summed E-state index contributed by atoms with van der Waals surface area (Å²) >= 11 is 0. The number of nitrogens with one attached hydrogen (secondary N) is 2. The first kappa shape index (κ1) is 17.5. The summed E-state index contributed by atoms with van der Waals surface area (Å²) in [5.41, 5.74) is 2.15. The molecule has 25 heavy (non-hydrogen) atoms. The highest BCUT2D eigenvalue weighted by atomic mass is 16.5. The summed E-state index contributed by atoms with van der Waals surface area (Å²) in [6, 6.07) is 10.6. The van der Waals surface area contributed by atoms with Crippen LogP contribution < -0.4 is 15.4 Å². The first-order valence-corrected chi connectivity index (χ1v) is 9.22. The summed E-state index contributed by atoms with van der Waals surface area (Å²) in [6.07, 6.45) is 7.80. The number of ether oxygens (including phenoxy) is 1. The van der Waals surface area contributed by atoms with Gasteiger partial charge in [0.25, 0.3) is 0 Å². The fraction of sp³-hybridized carbons (Fsp3) is 0.500. The molecule has 1 aromatic carbocycles. The fourth-order valence-electron chi connectivity index (χ4n) is 3.28. The van der Waals surface area contributed by atoms with Gasteiger partial charge in [-0.1, -0.05) is 37.8 Å². The molecule has 0 amide bonds. The second kappa shape index (κ2) is 8.70. The molecule has 0 aliphatic heterocycles. The molecular weight excluding hydrogens is 312 g/mol. The van der Waals surface area contributed by atoms with Crippen molar-refractivity contribution in [1.82, 2.24) is 9.97 Å². The van der Waals surface area contributed by atoms with E-state index < -0.39 is 0 Å². The third kappa shape index (κ3) is 5.34. The maximum atomic E-state index is 5.19. The molecule has 1 aliphatic rings. The van der Waals surface area contributed by atoms with Crippen LogP contribution in [0.15, 0.2) is 30.3 Å². The maximum Gasteiger partial charge on any atom is 0.225 e. The van der Waals surface area contributed by atoms with Gasteiger partial charge in [-0.2, -0.15) is 4.98 Å². The van der Waals surface area contributed by atoms with E-state index in [-0.39, 0.29) is 0 Å². The molecule has 134 valence electrons. The topological polar surface area (TPSA) is 59.1 Å². The Hall–Kier alpha value is -2.30. The van der Waals surface area contributed by atoms with Gasteiger partial charge < -0.3 is 15.4 Å². The molecule has 0 atom stereocenters. The Morgan fingerprint density at radius 3 is 2.44 bits per heavy atom. The maximum absolute atomic E-state index is 5.19. The third-order valence-corrected chi connectivity index (χ3v) is 4.67. The van der Waals surface area contributed by atoms with E-state index in [1.165, 1.54) is 44.1 Å². The van der Waals surface area contributed by atoms with Gasteiger partial charge in [-0.05, 0) is 37.5 Å². The SMILES string of the molecule is COc1ccc(CNc2nc(C)cc(NC3CCCCCC3)n2)cc1. The van der Waals surface area contributed by atoms with Gasteiger partial charge in [-0.15, -0.1) is 0 Å². The Balaban J connectivity index is 1.61. The van der Waals surface area contributed by atoms with Crippen LogP contribution in [0.2, 0.25) is 0 Å². The minimum Gasteiger partial charge on any atom is -0.497 e. The number of aromatic nitrogens is 2. The van der Waals surface area contributed by atoms with Gasteiger partial charge in [0.05, 0.1) is 7.11 Å². The second-order valence-electron chi connectivity index (χ2n) is 6.75. The number of rotatable bonds is 6. The second-order valence-corrected chi connectivity index (χ2v) is 6.75. The monoisotopic (exact) mass is 340 g/mol. The van der Waals surface area contributed by atoms with Crippen molar-refractivity contribution in [1.29, 1.82) is 0 Å². The van der Waals surface area contributed by atoms with Gasteiger partial charge in [0.15, 0.2) is 0 Å². The predicted molar refractivity (Wildman–Crippen MR) is 102 cm³/mol. The van der Waals surface area contributed by atoms with E-state index >= 15 is 0 Å². The van der Waals surface area contributed by atoms with Crippen LogP contribution in [0.1, 0.15) is 49.8 Å². The molecule has 1 heterocycles. The van der Waals surface area contributed by atoms with Gasteiger partial charge in [-0.3, -0.25) is 0 Å². The highest BCUT2D eigenvalue weighted by Gasteiger charge is 2.13. The molecule has 3 rings (SSSR count). The Morgan fingerprint density at radius 1 is 1.04 bits per heavy atom. The molecule has 0 saturated heterocycles. The van der Waals surface area contributed by atoms with E-state index in [4.69, 9.17) is 4.74 Å². The van der Waals surface area contributed by atoms with Crippen molar-refractivity contribution in [3.05, 3.63) is 41.6 Å². The van der Waals surface area contributed by atoms with Crippen molar-refractivity contribution in [2.45, 2.75) is 58.0 Å². The zero-order valence-corrected chi connectivity index (χ0v) is 15.2. The molecule has 0 spiro atoms. The first-order valence-electron chi connectivity index (χ1n) is 9.22. The summed E-state index contributed by atoms with van der Waals surface area (Å²) in [6.45, 7) is 2.70. The summed E-state index contributed by atoms with van der Waals surface area (Å²) in [4.78, 5) is 9.16. The lowest BCUT2D eigenvalue weighted by atomic mass is 10.1. The quantitative estimate of drug-likeness (QED) is 0.756. The van der Waals surface area contributed by atoms with Crippen LogP contribution in [0.3, 0.4) is 0 Å². The van der Waals surface area contributed by atoms with E-state index in [1.54, 1.807) is 7.11 Å². The first-order chi connectivity index (χ1) is 12.2. The van der Waals surface area contributed by atoms with Gasteiger partial charge in [-0.25, -0.2) is 4.98 Å². The summed E-state index contributed by atoms with van der Waals surface area (Å²) in [5, 5.41) is 6.93. The molecule has 1 saturated carbocycles. The van der Waals surface area contributed by atoms with Crippen LogP contribution in [0.4, 0.5) is 11.8 Å². The molecule has 0 unspecified atom stereocenters. The average molecular weight is 340 g/mol. The zero-order valence-electron chi connectivity index (χ0n) is 15.2. The van der Waals surface area contributed by atoms with Crippen LogP contribution in [0, 0.1) is 6.92 Å². The van der Waals surface area contributed by atoms with Gasteiger partial charge in [0.2, 0.25) is 5.95 Å². The molecule has 5 nitrogen and oxygen atoms in total. The van der Waals surface area contributed by atoms with Crippen molar-refractivity contribution in [3.63, 3.8) is 0 Å².